The second kappa shape index (κ2) is 4.87. The number of hydrogen-bond acceptors (Lipinski definition) is 4. The van der Waals surface area contributed by atoms with Crippen LogP contribution in [0.2, 0.25) is 0 Å². The van der Waals surface area contributed by atoms with Crippen LogP contribution in [0.1, 0.15) is 25.8 Å². The number of rotatable bonds is 4. The summed E-state index contributed by atoms with van der Waals surface area (Å²) in [5, 5.41) is 18.1. The third-order valence-electron chi connectivity index (χ3n) is 2.56. The third kappa shape index (κ3) is 3.23. The van der Waals surface area contributed by atoms with Crippen LogP contribution in [0.3, 0.4) is 0 Å². The van der Waals surface area contributed by atoms with E-state index in [-0.39, 0.29) is 0 Å². The van der Waals surface area contributed by atoms with Crippen LogP contribution in [0.4, 0.5) is 0 Å². The van der Waals surface area contributed by atoms with Crippen LogP contribution < -0.4 is 15.9 Å². The molecule has 0 fully saturated rings. The smallest absolute Gasteiger partial charge is 0.473 e. The van der Waals surface area contributed by atoms with Gasteiger partial charge in [-0.25, -0.2) is 0 Å². The lowest BCUT2D eigenvalue weighted by atomic mass is 9.80. The van der Waals surface area contributed by atoms with E-state index < -0.39 is 12.8 Å². The lowest BCUT2D eigenvalue weighted by molar-refractivity contribution is 0.0910. The summed E-state index contributed by atoms with van der Waals surface area (Å²) in [7, 11) is -1.49. The number of hydrogen-bond donors (Lipinski definition) is 3. The van der Waals surface area contributed by atoms with Gasteiger partial charge in [0.05, 0.1) is 0 Å². The standard InChI is InChI=1S/C11H18BNO3/c1-4-11(3,13)16-10-7-9(12(14)15)6-5-8(10)2/h5-7,14-15H,4,13H2,1-3H3. The lowest BCUT2D eigenvalue weighted by Crippen LogP contribution is -2.42. The Labute approximate surface area is 96.2 Å². The number of aryl methyl sites for hydroxylation is 1. The molecule has 1 aromatic carbocycles. The molecule has 0 saturated heterocycles. The molecule has 0 amide bonds. The van der Waals surface area contributed by atoms with Crippen molar-refractivity contribution >= 4 is 12.6 Å². The predicted molar refractivity (Wildman–Crippen MR) is 64.5 cm³/mol. The second-order valence-corrected chi connectivity index (χ2v) is 4.17. The molecule has 0 aliphatic heterocycles. The van der Waals surface area contributed by atoms with E-state index in [1.165, 1.54) is 0 Å². The summed E-state index contributed by atoms with van der Waals surface area (Å²) < 4.78 is 5.63. The van der Waals surface area contributed by atoms with Crippen molar-refractivity contribution in [3.05, 3.63) is 23.8 Å². The minimum atomic E-state index is -1.49. The van der Waals surface area contributed by atoms with Gasteiger partial charge in [0.2, 0.25) is 0 Å². The summed E-state index contributed by atoms with van der Waals surface area (Å²) in [6.45, 7) is 5.60. The van der Waals surface area contributed by atoms with Gasteiger partial charge < -0.3 is 14.8 Å². The molecule has 0 heterocycles. The van der Waals surface area contributed by atoms with E-state index in [1.54, 1.807) is 25.1 Å². The van der Waals surface area contributed by atoms with E-state index >= 15 is 0 Å². The zero-order valence-electron chi connectivity index (χ0n) is 9.90. The Kier molecular flexibility index (Phi) is 3.96. The van der Waals surface area contributed by atoms with Crippen molar-refractivity contribution in [2.24, 2.45) is 5.73 Å². The first-order chi connectivity index (χ1) is 7.35. The molecule has 1 atom stereocenters. The van der Waals surface area contributed by atoms with Gasteiger partial charge in [0.25, 0.3) is 0 Å². The zero-order valence-corrected chi connectivity index (χ0v) is 9.90. The van der Waals surface area contributed by atoms with Crippen molar-refractivity contribution in [2.75, 3.05) is 0 Å². The van der Waals surface area contributed by atoms with E-state index in [0.717, 1.165) is 5.56 Å². The normalized spacial score (nSPS) is 14.4. The van der Waals surface area contributed by atoms with E-state index in [4.69, 9.17) is 20.5 Å². The maximum atomic E-state index is 9.06. The molecule has 4 N–H and O–H groups in total. The van der Waals surface area contributed by atoms with Gasteiger partial charge in [-0.2, -0.15) is 0 Å². The Balaban J connectivity index is 2.99. The third-order valence-corrected chi connectivity index (χ3v) is 2.56. The molecule has 1 unspecified atom stereocenters. The molecular weight excluding hydrogens is 205 g/mol. The van der Waals surface area contributed by atoms with Crippen LogP contribution in [-0.4, -0.2) is 22.9 Å². The monoisotopic (exact) mass is 223 g/mol. The fourth-order valence-electron chi connectivity index (χ4n) is 1.21. The first-order valence-corrected chi connectivity index (χ1v) is 5.30. The predicted octanol–water partition coefficient (Wildman–Crippen LogP) is 0.139. The van der Waals surface area contributed by atoms with Crippen molar-refractivity contribution in [2.45, 2.75) is 32.9 Å². The summed E-state index contributed by atoms with van der Waals surface area (Å²) >= 11 is 0. The van der Waals surface area contributed by atoms with Crippen LogP contribution in [0, 0.1) is 6.92 Å². The molecule has 0 aliphatic carbocycles. The molecule has 1 rings (SSSR count). The van der Waals surface area contributed by atoms with Crippen LogP contribution in [0.25, 0.3) is 0 Å². The van der Waals surface area contributed by atoms with Crippen molar-refractivity contribution < 1.29 is 14.8 Å². The highest BCUT2D eigenvalue weighted by atomic mass is 16.5. The average Bonchev–Trinajstić information content (AvgIpc) is 2.21. The summed E-state index contributed by atoms with van der Waals surface area (Å²) in [5.41, 5.74) is 6.46. The zero-order chi connectivity index (χ0) is 12.3. The van der Waals surface area contributed by atoms with Crippen LogP contribution in [-0.2, 0) is 0 Å². The first-order valence-electron chi connectivity index (χ1n) is 5.30. The van der Waals surface area contributed by atoms with Gasteiger partial charge in [-0.3, -0.25) is 5.73 Å². The van der Waals surface area contributed by atoms with Crippen LogP contribution >= 0.6 is 0 Å². The van der Waals surface area contributed by atoms with E-state index in [9.17, 15) is 0 Å². The van der Waals surface area contributed by atoms with Gasteiger partial charge in [-0.15, -0.1) is 0 Å². The highest BCUT2D eigenvalue weighted by Gasteiger charge is 2.20. The molecule has 0 spiro atoms. The average molecular weight is 223 g/mol. The van der Waals surface area contributed by atoms with E-state index in [0.29, 0.717) is 17.6 Å². The molecule has 16 heavy (non-hydrogen) atoms. The summed E-state index contributed by atoms with van der Waals surface area (Å²) in [6, 6.07) is 5.02. The SMILES string of the molecule is CCC(C)(N)Oc1cc(B(O)O)ccc1C. The van der Waals surface area contributed by atoms with Gasteiger partial charge in [0.15, 0.2) is 5.72 Å². The molecule has 0 bridgehead atoms. The minimum Gasteiger partial charge on any atom is -0.473 e. The summed E-state index contributed by atoms with van der Waals surface area (Å²) in [6.07, 6.45) is 0.665. The Morgan fingerprint density at radius 1 is 1.44 bits per heavy atom. The maximum Gasteiger partial charge on any atom is 0.488 e. The fourth-order valence-corrected chi connectivity index (χ4v) is 1.21. The number of benzene rings is 1. The highest BCUT2D eigenvalue weighted by molar-refractivity contribution is 6.58. The van der Waals surface area contributed by atoms with Crippen molar-refractivity contribution in [3.8, 4) is 5.75 Å². The van der Waals surface area contributed by atoms with Crippen LogP contribution in [0.15, 0.2) is 18.2 Å². The van der Waals surface area contributed by atoms with Gasteiger partial charge in [-0.1, -0.05) is 19.1 Å². The molecule has 0 aliphatic rings. The minimum absolute atomic E-state index is 0.396. The molecule has 4 nitrogen and oxygen atoms in total. The maximum absolute atomic E-state index is 9.06. The molecule has 0 aromatic heterocycles. The fraction of sp³-hybridized carbons (Fsp3) is 0.455. The van der Waals surface area contributed by atoms with Crippen molar-refractivity contribution in [1.29, 1.82) is 0 Å². The summed E-state index contributed by atoms with van der Waals surface area (Å²) in [5.74, 6) is 0.581. The Morgan fingerprint density at radius 3 is 2.56 bits per heavy atom. The highest BCUT2D eigenvalue weighted by Crippen LogP contribution is 2.20. The van der Waals surface area contributed by atoms with Gasteiger partial charge >= 0.3 is 7.12 Å². The largest absolute Gasteiger partial charge is 0.488 e. The topological polar surface area (TPSA) is 75.7 Å². The Bertz CT molecular complexity index is 366. The van der Waals surface area contributed by atoms with Gasteiger partial charge in [0, 0.05) is 0 Å². The Morgan fingerprint density at radius 2 is 2.06 bits per heavy atom. The molecule has 0 radical (unpaired) electrons. The molecule has 1 aromatic rings. The quantitative estimate of drug-likeness (QED) is 0.501. The molecule has 5 heteroatoms. The molecule has 0 saturated carbocycles. The summed E-state index contributed by atoms with van der Waals surface area (Å²) in [4.78, 5) is 0. The van der Waals surface area contributed by atoms with Crippen molar-refractivity contribution in [1.82, 2.24) is 0 Å². The van der Waals surface area contributed by atoms with Crippen LogP contribution in [0.5, 0.6) is 5.75 Å². The Hall–Kier alpha value is -1.04. The van der Waals surface area contributed by atoms with Crippen molar-refractivity contribution in [3.63, 3.8) is 0 Å². The molecular formula is C11H18BNO3. The number of ether oxygens (including phenoxy) is 1. The molecule has 88 valence electrons. The first kappa shape index (κ1) is 13.0. The van der Waals surface area contributed by atoms with Gasteiger partial charge in [-0.05, 0) is 37.4 Å². The van der Waals surface area contributed by atoms with E-state index in [1.807, 2.05) is 13.8 Å². The lowest BCUT2D eigenvalue weighted by Gasteiger charge is -2.26. The number of nitrogens with two attached hydrogens (primary N) is 1. The van der Waals surface area contributed by atoms with Gasteiger partial charge in [0.1, 0.15) is 5.75 Å². The second-order valence-electron chi connectivity index (χ2n) is 4.17. The van der Waals surface area contributed by atoms with E-state index in [2.05, 4.69) is 0 Å².